The van der Waals surface area contributed by atoms with Crippen molar-refractivity contribution in [3.8, 4) is 5.75 Å². The number of aromatic hydroxyl groups is 1. The molecule has 0 saturated carbocycles. The highest BCUT2D eigenvalue weighted by molar-refractivity contribution is 6.02. The van der Waals surface area contributed by atoms with Crippen LogP contribution in [0.25, 0.3) is 10.8 Å². The Morgan fingerprint density at radius 1 is 0.905 bits per heavy atom. The van der Waals surface area contributed by atoms with Gasteiger partial charge in [-0.3, -0.25) is 5.01 Å². The monoisotopic (exact) mass is 276 g/mol. The number of fused-ring (bicyclic) bond motifs is 1. The maximum absolute atomic E-state index is 10.1. The van der Waals surface area contributed by atoms with Crippen molar-refractivity contribution in [2.75, 3.05) is 12.1 Å². The van der Waals surface area contributed by atoms with Crippen molar-refractivity contribution in [1.29, 1.82) is 0 Å². The molecule has 0 bridgehead atoms. The minimum absolute atomic E-state index is 0.235. The van der Waals surface area contributed by atoms with Gasteiger partial charge >= 0.3 is 0 Å². The number of rotatable bonds is 3. The summed E-state index contributed by atoms with van der Waals surface area (Å²) in [5.74, 6) is 0.235. The van der Waals surface area contributed by atoms with Crippen molar-refractivity contribution in [3.63, 3.8) is 0 Å². The Bertz CT molecular complexity index is 782. The van der Waals surface area contributed by atoms with Gasteiger partial charge in [-0.15, -0.1) is 0 Å². The second kappa shape index (κ2) is 5.67. The number of hydrogen-bond acceptors (Lipinski definition) is 3. The molecule has 0 aliphatic carbocycles. The predicted molar refractivity (Wildman–Crippen MR) is 88.1 cm³/mol. The molecule has 3 aromatic carbocycles. The lowest BCUT2D eigenvalue weighted by Gasteiger charge is -2.13. The molecule has 0 unspecified atom stereocenters. The van der Waals surface area contributed by atoms with Gasteiger partial charge in [-0.25, -0.2) is 0 Å². The molecule has 0 amide bonds. The number of hydrogen-bond donors (Lipinski definition) is 1. The quantitative estimate of drug-likeness (QED) is 0.579. The summed E-state index contributed by atoms with van der Waals surface area (Å²) in [6.45, 7) is 0. The minimum atomic E-state index is 0.235. The molecule has 0 aliphatic rings. The van der Waals surface area contributed by atoms with Crippen LogP contribution in [0.2, 0.25) is 0 Å². The van der Waals surface area contributed by atoms with Crippen LogP contribution in [0.1, 0.15) is 5.56 Å². The van der Waals surface area contributed by atoms with E-state index in [9.17, 15) is 5.11 Å². The van der Waals surface area contributed by atoms with Crippen LogP contribution >= 0.6 is 0 Å². The van der Waals surface area contributed by atoms with Crippen molar-refractivity contribution < 1.29 is 5.11 Å². The average Bonchev–Trinajstić information content (AvgIpc) is 2.54. The van der Waals surface area contributed by atoms with E-state index in [1.54, 1.807) is 17.3 Å². The standard InChI is InChI=1S/C18H16N2O/c1-20(15-8-3-2-4-9-15)19-13-17-16-10-6-5-7-14(16)11-12-18(17)21/h2-13,21H,1H3/b19-13+. The van der Waals surface area contributed by atoms with Gasteiger partial charge in [0, 0.05) is 12.6 Å². The Morgan fingerprint density at radius 3 is 2.43 bits per heavy atom. The molecule has 0 atom stereocenters. The molecule has 3 heteroatoms. The molecule has 1 N–H and O–H groups in total. The predicted octanol–water partition coefficient (Wildman–Crippen LogP) is 4.02. The Balaban J connectivity index is 1.98. The summed E-state index contributed by atoms with van der Waals surface area (Å²) in [7, 11) is 1.88. The molecule has 3 nitrogen and oxygen atoms in total. The Morgan fingerprint density at radius 2 is 1.62 bits per heavy atom. The summed E-state index contributed by atoms with van der Waals surface area (Å²) in [5.41, 5.74) is 1.73. The second-order valence-corrected chi connectivity index (χ2v) is 4.82. The number of benzene rings is 3. The van der Waals surface area contributed by atoms with Gasteiger partial charge in [0.25, 0.3) is 0 Å². The van der Waals surface area contributed by atoms with E-state index in [0.717, 1.165) is 22.0 Å². The van der Waals surface area contributed by atoms with E-state index in [4.69, 9.17) is 0 Å². The lowest BCUT2D eigenvalue weighted by molar-refractivity contribution is 0.475. The molecular formula is C18H16N2O. The summed E-state index contributed by atoms with van der Waals surface area (Å²) in [4.78, 5) is 0. The fourth-order valence-corrected chi connectivity index (χ4v) is 2.27. The first-order valence-electron chi connectivity index (χ1n) is 6.79. The molecule has 104 valence electrons. The van der Waals surface area contributed by atoms with Crippen LogP contribution in [0.3, 0.4) is 0 Å². The van der Waals surface area contributed by atoms with Gasteiger partial charge in [-0.05, 0) is 29.0 Å². The van der Waals surface area contributed by atoms with Gasteiger partial charge < -0.3 is 5.11 Å². The molecule has 0 aliphatic heterocycles. The third-order valence-electron chi connectivity index (χ3n) is 3.44. The maximum Gasteiger partial charge on any atom is 0.125 e. The van der Waals surface area contributed by atoms with E-state index in [0.29, 0.717) is 0 Å². The van der Waals surface area contributed by atoms with E-state index < -0.39 is 0 Å². The fourth-order valence-electron chi connectivity index (χ4n) is 2.27. The minimum Gasteiger partial charge on any atom is -0.507 e. The Kier molecular flexibility index (Phi) is 3.56. The third kappa shape index (κ3) is 2.72. The van der Waals surface area contributed by atoms with Crippen LogP contribution in [0.15, 0.2) is 71.8 Å². The number of phenolic OH excluding ortho intramolecular Hbond substituents is 1. The highest BCUT2D eigenvalue weighted by Crippen LogP contribution is 2.25. The van der Waals surface area contributed by atoms with E-state index in [2.05, 4.69) is 5.10 Å². The number of para-hydroxylation sites is 1. The summed E-state index contributed by atoms with van der Waals surface area (Å²) in [6, 6.07) is 21.4. The average molecular weight is 276 g/mol. The Hall–Kier alpha value is -2.81. The molecule has 3 aromatic rings. The van der Waals surface area contributed by atoms with Crippen LogP contribution in [-0.4, -0.2) is 18.4 Å². The van der Waals surface area contributed by atoms with Gasteiger partial charge in [0.05, 0.1) is 11.9 Å². The van der Waals surface area contributed by atoms with Crippen LogP contribution in [0.5, 0.6) is 5.75 Å². The topological polar surface area (TPSA) is 35.8 Å². The molecule has 21 heavy (non-hydrogen) atoms. The molecule has 0 heterocycles. The van der Waals surface area contributed by atoms with Gasteiger partial charge in [0.15, 0.2) is 0 Å². The molecule has 0 saturated heterocycles. The van der Waals surface area contributed by atoms with E-state index in [1.807, 2.05) is 67.7 Å². The molecule has 0 radical (unpaired) electrons. The van der Waals surface area contributed by atoms with Crippen LogP contribution in [-0.2, 0) is 0 Å². The number of nitrogens with zero attached hydrogens (tertiary/aromatic N) is 2. The number of hydrazone groups is 1. The Labute approximate surface area is 123 Å². The zero-order chi connectivity index (χ0) is 14.7. The zero-order valence-electron chi connectivity index (χ0n) is 11.8. The highest BCUT2D eigenvalue weighted by Gasteiger charge is 2.05. The first-order valence-corrected chi connectivity index (χ1v) is 6.79. The van der Waals surface area contributed by atoms with Crippen molar-refractivity contribution in [2.24, 2.45) is 5.10 Å². The molecular weight excluding hydrogens is 260 g/mol. The number of anilines is 1. The first kappa shape index (κ1) is 13.2. The van der Waals surface area contributed by atoms with E-state index in [-0.39, 0.29) is 5.75 Å². The molecule has 0 aromatic heterocycles. The zero-order valence-corrected chi connectivity index (χ0v) is 11.8. The van der Waals surface area contributed by atoms with Crippen molar-refractivity contribution >= 4 is 22.7 Å². The third-order valence-corrected chi connectivity index (χ3v) is 3.44. The summed E-state index contributed by atoms with van der Waals surface area (Å²) < 4.78 is 0. The van der Waals surface area contributed by atoms with Crippen LogP contribution in [0, 0.1) is 0 Å². The second-order valence-electron chi connectivity index (χ2n) is 4.82. The van der Waals surface area contributed by atoms with Crippen molar-refractivity contribution in [2.45, 2.75) is 0 Å². The van der Waals surface area contributed by atoms with Crippen molar-refractivity contribution in [1.82, 2.24) is 0 Å². The lowest BCUT2D eigenvalue weighted by Crippen LogP contribution is -2.08. The van der Waals surface area contributed by atoms with Gasteiger partial charge in [0.2, 0.25) is 0 Å². The van der Waals surface area contributed by atoms with Crippen LogP contribution in [0.4, 0.5) is 5.69 Å². The first-order chi connectivity index (χ1) is 10.3. The van der Waals surface area contributed by atoms with Gasteiger partial charge in [0.1, 0.15) is 5.75 Å². The SMILES string of the molecule is CN(/N=C/c1c(O)ccc2ccccc12)c1ccccc1. The highest BCUT2D eigenvalue weighted by atomic mass is 16.3. The number of phenols is 1. The normalized spacial score (nSPS) is 11.1. The summed E-state index contributed by atoms with van der Waals surface area (Å²) in [6.07, 6.45) is 1.70. The fraction of sp³-hybridized carbons (Fsp3) is 0.0556. The maximum atomic E-state index is 10.1. The lowest BCUT2D eigenvalue weighted by atomic mass is 10.0. The molecule has 3 rings (SSSR count). The summed E-state index contributed by atoms with van der Waals surface area (Å²) in [5, 5.41) is 18.4. The van der Waals surface area contributed by atoms with Crippen LogP contribution < -0.4 is 5.01 Å². The summed E-state index contributed by atoms with van der Waals surface area (Å²) >= 11 is 0. The molecule has 0 fully saturated rings. The largest absolute Gasteiger partial charge is 0.507 e. The van der Waals surface area contributed by atoms with Crippen molar-refractivity contribution in [3.05, 3.63) is 72.3 Å². The van der Waals surface area contributed by atoms with Gasteiger partial charge in [-0.2, -0.15) is 5.10 Å². The van der Waals surface area contributed by atoms with E-state index in [1.165, 1.54) is 0 Å². The molecule has 0 spiro atoms. The van der Waals surface area contributed by atoms with E-state index >= 15 is 0 Å². The smallest absolute Gasteiger partial charge is 0.125 e. The van der Waals surface area contributed by atoms with Gasteiger partial charge in [-0.1, -0.05) is 48.5 Å².